The molecule has 0 saturated carbocycles. The van der Waals surface area contributed by atoms with Crippen molar-refractivity contribution in [2.24, 2.45) is 0 Å². The summed E-state index contributed by atoms with van der Waals surface area (Å²) in [6.07, 6.45) is 8.45. The van der Waals surface area contributed by atoms with E-state index in [4.69, 9.17) is 9.97 Å². The summed E-state index contributed by atoms with van der Waals surface area (Å²) in [4.78, 5) is 16.8. The Labute approximate surface area is 239 Å². The zero-order chi connectivity index (χ0) is 28.1. The van der Waals surface area contributed by atoms with Gasteiger partial charge in [-0.15, -0.1) is 0 Å². The van der Waals surface area contributed by atoms with Crippen molar-refractivity contribution in [3.05, 3.63) is 71.8 Å². The number of pyridine rings is 1. The zero-order valence-electron chi connectivity index (χ0n) is 23.7. The van der Waals surface area contributed by atoms with Crippen LogP contribution in [0, 0.1) is 6.92 Å². The third kappa shape index (κ3) is 4.58. The first kappa shape index (κ1) is 26.1. The number of fused-ring (bicyclic) bond motifs is 3. The number of rotatable bonds is 7. The van der Waals surface area contributed by atoms with Crippen molar-refractivity contribution in [1.82, 2.24) is 29.0 Å². The summed E-state index contributed by atoms with van der Waals surface area (Å²) in [5, 5.41) is 25.9. The smallest absolute Gasteiger partial charge is 0.229 e. The Bertz CT molecular complexity index is 1730. The monoisotopic (exact) mass is 551 g/mol. The van der Waals surface area contributed by atoms with E-state index in [1.807, 2.05) is 30.7 Å². The van der Waals surface area contributed by atoms with E-state index in [2.05, 4.69) is 62.4 Å². The molecule has 9 nitrogen and oxygen atoms in total. The summed E-state index contributed by atoms with van der Waals surface area (Å²) in [5.41, 5.74) is 5.02. The first-order valence-corrected chi connectivity index (χ1v) is 14.7. The molecule has 2 aliphatic rings. The molecule has 1 atom stereocenters. The van der Waals surface area contributed by atoms with Gasteiger partial charge in [-0.2, -0.15) is 4.98 Å². The van der Waals surface area contributed by atoms with Gasteiger partial charge >= 0.3 is 0 Å². The molecule has 1 aromatic carbocycles. The molecular formula is C32H37N7O2. The third-order valence-electron chi connectivity index (χ3n) is 9.09. The van der Waals surface area contributed by atoms with E-state index in [1.165, 1.54) is 10.9 Å². The maximum Gasteiger partial charge on any atom is 0.229 e. The van der Waals surface area contributed by atoms with Crippen LogP contribution in [0.15, 0.2) is 54.9 Å². The van der Waals surface area contributed by atoms with Gasteiger partial charge in [0, 0.05) is 65.7 Å². The van der Waals surface area contributed by atoms with Crippen LogP contribution in [0.5, 0.6) is 0 Å². The molecule has 0 unspecified atom stereocenters. The van der Waals surface area contributed by atoms with Crippen molar-refractivity contribution in [2.75, 3.05) is 31.6 Å². The molecule has 1 saturated heterocycles. The number of hydrogen-bond acceptors (Lipinski definition) is 7. The summed E-state index contributed by atoms with van der Waals surface area (Å²) >= 11 is 0. The third-order valence-corrected chi connectivity index (χ3v) is 9.09. The molecule has 9 heteroatoms. The number of aromatic nitrogens is 5. The van der Waals surface area contributed by atoms with E-state index in [0.29, 0.717) is 24.8 Å². The summed E-state index contributed by atoms with van der Waals surface area (Å²) < 4.78 is 4.45. The van der Waals surface area contributed by atoms with Gasteiger partial charge in [0.2, 0.25) is 5.95 Å². The Hall–Kier alpha value is -3.79. The van der Waals surface area contributed by atoms with Gasteiger partial charge < -0.3 is 25.0 Å². The Morgan fingerprint density at radius 3 is 2.71 bits per heavy atom. The molecular weight excluding hydrogens is 514 g/mol. The summed E-state index contributed by atoms with van der Waals surface area (Å²) in [6, 6.07) is 15.3. The minimum atomic E-state index is -0.862. The Kier molecular flexibility index (Phi) is 6.53. The fourth-order valence-corrected chi connectivity index (χ4v) is 6.73. The van der Waals surface area contributed by atoms with Crippen LogP contribution in [0.25, 0.3) is 27.8 Å². The quantitative estimate of drug-likeness (QED) is 0.262. The highest BCUT2D eigenvalue weighted by Gasteiger charge is 2.37. The van der Waals surface area contributed by atoms with Crippen molar-refractivity contribution in [2.45, 2.75) is 57.6 Å². The van der Waals surface area contributed by atoms with E-state index in [1.54, 1.807) is 0 Å². The van der Waals surface area contributed by atoms with Crippen molar-refractivity contribution in [3.63, 3.8) is 0 Å². The molecule has 5 aromatic rings. The molecule has 7 rings (SSSR count). The minimum absolute atomic E-state index is 0.225. The van der Waals surface area contributed by atoms with Crippen LogP contribution in [-0.4, -0.2) is 65.4 Å². The number of aliphatic hydroxyl groups is 2. The first-order chi connectivity index (χ1) is 20.0. The molecule has 0 bridgehead atoms. The van der Waals surface area contributed by atoms with E-state index >= 15 is 0 Å². The molecule has 0 amide bonds. The SMILES string of the molecule is CC[C@@]1(O)CCc2ccc(-n3c(C)cc4cnc(Nc5ccc6c(ccn6C6CCN(CCO)CC6)c5)nc43)nc21. The molecule has 4 aromatic heterocycles. The van der Waals surface area contributed by atoms with Gasteiger partial charge in [-0.1, -0.05) is 13.0 Å². The van der Waals surface area contributed by atoms with Crippen LogP contribution in [0.1, 0.15) is 55.6 Å². The average molecular weight is 552 g/mol. The maximum absolute atomic E-state index is 11.1. The standard InChI is InChI=1S/C32H37N7O2/c1-3-32(41)12-8-22-4-7-28(35-29(22)32)39-21(2)18-24-20-33-31(36-30(24)39)34-25-5-6-27-23(19-25)9-15-38(27)26-10-13-37(14-11-26)16-17-40/h4-7,9,15,18-20,26,40-41H,3,8,10-14,16-17H2,1-2H3,(H,33,34,36)/t32-/m1/s1. The first-order valence-electron chi connectivity index (χ1n) is 14.7. The molecule has 41 heavy (non-hydrogen) atoms. The molecule has 3 N–H and O–H groups in total. The highest BCUT2D eigenvalue weighted by Crippen LogP contribution is 2.39. The Morgan fingerprint density at radius 1 is 1.05 bits per heavy atom. The second kappa shape index (κ2) is 10.2. The highest BCUT2D eigenvalue weighted by molar-refractivity contribution is 5.85. The van der Waals surface area contributed by atoms with E-state index in [0.717, 1.165) is 78.4 Å². The number of nitrogens with zero attached hydrogens (tertiary/aromatic N) is 6. The van der Waals surface area contributed by atoms with Crippen LogP contribution < -0.4 is 5.32 Å². The lowest BCUT2D eigenvalue weighted by atomic mass is 9.98. The van der Waals surface area contributed by atoms with Gasteiger partial charge in [-0.05, 0) is 81.0 Å². The van der Waals surface area contributed by atoms with E-state index in [9.17, 15) is 10.2 Å². The number of hydrogen-bond donors (Lipinski definition) is 3. The molecule has 5 heterocycles. The van der Waals surface area contributed by atoms with Crippen LogP contribution in [-0.2, 0) is 12.0 Å². The van der Waals surface area contributed by atoms with Crippen LogP contribution in [0.2, 0.25) is 0 Å². The van der Waals surface area contributed by atoms with Gasteiger partial charge in [-0.25, -0.2) is 9.97 Å². The lowest BCUT2D eigenvalue weighted by molar-refractivity contribution is 0.0306. The molecule has 0 radical (unpaired) electrons. The predicted octanol–water partition coefficient (Wildman–Crippen LogP) is 5.00. The summed E-state index contributed by atoms with van der Waals surface area (Å²) in [6.45, 7) is 7.09. The number of nitrogens with one attached hydrogen (secondary N) is 1. The number of anilines is 2. The zero-order valence-corrected chi connectivity index (χ0v) is 23.7. The number of likely N-dealkylation sites (tertiary alicyclic amines) is 1. The van der Waals surface area contributed by atoms with Gasteiger partial charge in [0.1, 0.15) is 11.4 Å². The second-order valence-electron chi connectivity index (χ2n) is 11.6. The lowest BCUT2D eigenvalue weighted by Crippen LogP contribution is -2.36. The van der Waals surface area contributed by atoms with Crippen molar-refractivity contribution in [1.29, 1.82) is 0 Å². The van der Waals surface area contributed by atoms with Crippen LogP contribution in [0.3, 0.4) is 0 Å². The van der Waals surface area contributed by atoms with E-state index < -0.39 is 5.60 Å². The normalized spacial score (nSPS) is 19.8. The number of β-amino-alcohol motifs (C(OH)–C–C–N with tert-alkyl or cyclic N) is 1. The molecule has 1 fully saturated rings. The van der Waals surface area contributed by atoms with Gasteiger partial charge in [0.05, 0.1) is 12.3 Å². The number of aryl methyl sites for hydroxylation is 2. The maximum atomic E-state index is 11.1. The summed E-state index contributed by atoms with van der Waals surface area (Å²) in [5.74, 6) is 1.29. The predicted molar refractivity (Wildman–Crippen MR) is 161 cm³/mol. The van der Waals surface area contributed by atoms with Gasteiger partial charge in [0.15, 0.2) is 5.65 Å². The Morgan fingerprint density at radius 2 is 1.90 bits per heavy atom. The van der Waals surface area contributed by atoms with Crippen molar-refractivity contribution >= 4 is 33.6 Å². The topological polar surface area (TPSA) is 104 Å². The fourth-order valence-electron chi connectivity index (χ4n) is 6.73. The van der Waals surface area contributed by atoms with Crippen molar-refractivity contribution in [3.8, 4) is 5.82 Å². The number of benzene rings is 1. The van der Waals surface area contributed by atoms with Gasteiger partial charge in [-0.3, -0.25) is 4.57 Å². The summed E-state index contributed by atoms with van der Waals surface area (Å²) in [7, 11) is 0. The molecule has 1 aliphatic carbocycles. The Balaban J connectivity index is 1.16. The molecule has 212 valence electrons. The number of aliphatic hydroxyl groups excluding tert-OH is 1. The number of piperidine rings is 1. The molecule has 1 aliphatic heterocycles. The highest BCUT2D eigenvalue weighted by atomic mass is 16.3. The van der Waals surface area contributed by atoms with Crippen LogP contribution >= 0.6 is 0 Å². The van der Waals surface area contributed by atoms with Crippen molar-refractivity contribution < 1.29 is 10.2 Å². The largest absolute Gasteiger partial charge is 0.395 e. The lowest BCUT2D eigenvalue weighted by Gasteiger charge is -2.32. The van der Waals surface area contributed by atoms with E-state index in [-0.39, 0.29) is 6.61 Å². The van der Waals surface area contributed by atoms with Gasteiger partial charge in [0.25, 0.3) is 0 Å². The fraction of sp³-hybridized carbons (Fsp3) is 0.406. The second-order valence-corrected chi connectivity index (χ2v) is 11.6. The minimum Gasteiger partial charge on any atom is -0.395 e. The van der Waals surface area contributed by atoms with Crippen LogP contribution in [0.4, 0.5) is 11.6 Å². The molecule has 0 spiro atoms. The average Bonchev–Trinajstić information content (AvgIpc) is 3.66.